The van der Waals surface area contributed by atoms with Crippen LogP contribution in [0.15, 0.2) is 53.9 Å². The molecule has 146 valence electrons. The lowest BCUT2D eigenvalue weighted by molar-refractivity contribution is 0.0951. The van der Waals surface area contributed by atoms with Crippen LogP contribution in [0.3, 0.4) is 0 Å². The zero-order chi connectivity index (χ0) is 19.9. The Labute approximate surface area is 169 Å². The van der Waals surface area contributed by atoms with E-state index in [4.69, 9.17) is 9.47 Å². The van der Waals surface area contributed by atoms with Crippen LogP contribution in [0.1, 0.15) is 40.5 Å². The van der Waals surface area contributed by atoms with Crippen LogP contribution in [0.2, 0.25) is 0 Å². The summed E-state index contributed by atoms with van der Waals surface area (Å²) in [5, 5.41) is 5.93. The van der Waals surface area contributed by atoms with E-state index >= 15 is 0 Å². The van der Waals surface area contributed by atoms with Gasteiger partial charge < -0.3 is 14.8 Å². The van der Waals surface area contributed by atoms with Crippen molar-refractivity contribution in [2.45, 2.75) is 40.0 Å². The van der Waals surface area contributed by atoms with Crippen molar-refractivity contribution >= 4 is 17.2 Å². The Hall–Kier alpha value is -2.86. The van der Waals surface area contributed by atoms with Gasteiger partial charge in [-0.2, -0.15) is 0 Å². The number of hydrogen-bond acceptors (Lipinski definition) is 5. The highest BCUT2D eigenvalue weighted by atomic mass is 32.1. The summed E-state index contributed by atoms with van der Waals surface area (Å²) in [4.78, 5) is 16.7. The molecule has 0 saturated carbocycles. The summed E-state index contributed by atoms with van der Waals surface area (Å²) in [6.07, 6.45) is 0.142. The Kier molecular flexibility index (Phi) is 6.66. The minimum absolute atomic E-state index is 0.121. The monoisotopic (exact) mass is 396 g/mol. The standard InChI is InChI=1S/C22H24N2O3S/c1-15(2)27-21-8-4-17(5-9-21)12-23-22(25)18-6-10-20(11-7-18)26-13-19-14-28-16(3)24-19/h4-11,14-15H,12-13H2,1-3H3,(H,23,25). The lowest BCUT2D eigenvalue weighted by atomic mass is 10.2. The topological polar surface area (TPSA) is 60.5 Å². The number of nitrogens with zero attached hydrogens (tertiary/aromatic N) is 1. The quantitative estimate of drug-likeness (QED) is 0.597. The predicted octanol–water partition coefficient (Wildman–Crippen LogP) is 4.75. The molecule has 0 aliphatic heterocycles. The van der Waals surface area contributed by atoms with Crippen molar-refractivity contribution in [3.63, 3.8) is 0 Å². The third-order valence-corrected chi connectivity index (χ3v) is 4.74. The van der Waals surface area contributed by atoms with Gasteiger partial charge in [0.25, 0.3) is 5.91 Å². The number of ether oxygens (including phenoxy) is 2. The highest BCUT2D eigenvalue weighted by molar-refractivity contribution is 7.09. The molecule has 1 aromatic heterocycles. The van der Waals surface area contributed by atoms with Crippen LogP contribution in [0.25, 0.3) is 0 Å². The lowest BCUT2D eigenvalue weighted by Crippen LogP contribution is -2.22. The second kappa shape index (κ2) is 9.37. The molecular weight excluding hydrogens is 372 g/mol. The molecule has 0 radical (unpaired) electrons. The molecule has 5 nitrogen and oxygen atoms in total. The van der Waals surface area contributed by atoms with E-state index < -0.39 is 0 Å². The van der Waals surface area contributed by atoms with Gasteiger partial charge in [-0.25, -0.2) is 4.98 Å². The first-order chi connectivity index (χ1) is 13.5. The molecule has 1 amide bonds. The van der Waals surface area contributed by atoms with Gasteiger partial charge >= 0.3 is 0 Å². The van der Waals surface area contributed by atoms with Crippen LogP contribution in [-0.2, 0) is 13.2 Å². The molecule has 0 fully saturated rings. The van der Waals surface area contributed by atoms with E-state index in [2.05, 4.69) is 10.3 Å². The summed E-state index contributed by atoms with van der Waals surface area (Å²) in [5.41, 5.74) is 2.52. The summed E-state index contributed by atoms with van der Waals surface area (Å²) in [6, 6.07) is 14.9. The molecule has 3 aromatic rings. The van der Waals surface area contributed by atoms with Crippen molar-refractivity contribution in [3.8, 4) is 11.5 Å². The SMILES string of the molecule is Cc1nc(COc2ccc(C(=O)NCc3ccc(OC(C)C)cc3)cc2)cs1. The molecule has 0 unspecified atom stereocenters. The Bertz CT molecular complexity index is 902. The number of carbonyl (C=O) groups excluding carboxylic acids is 1. The van der Waals surface area contributed by atoms with Crippen LogP contribution >= 0.6 is 11.3 Å². The lowest BCUT2D eigenvalue weighted by Gasteiger charge is -2.11. The molecule has 6 heteroatoms. The average molecular weight is 397 g/mol. The number of aryl methyl sites for hydroxylation is 1. The first-order valence-corrected chi connectivity index (χ1v) is 10.1. The summed E-state index contributed by atoms with van der Waals surface area (Å²) in [7, 11) is 0. The first kappa shape index (κ1) is 19.9. The summed E-state index contributed by atoms with van der Waals surface area (Å²) in [5.74, 6) is 1.42. The van der Waals surface area contributed by atoms with Crippen molar-refractivity contribution in [3.05, 3.63) is 75.7 Å². The van der Waals surface area contributed by atoms with Crippen molar-refractivity contribution in [2.75, 3.05) is 0 Å². The number of nitrogens with one attached hydrogen (secondary N) is 1. The second-order valence-corrected chi connectivity index (χ2v) is 7.73. The second-order valence-electron chi connectivity index (χ2n) is 6.66. The molecule has 0 bridgehead atoms. The maximum Gasteiger partial charge on any atom is 0.251 e. The van der Waals surface area contributed by atoms with Gasteiger partial charge in [-0.15, -0.1) is 11.3 Å². The van der Waals surface area contributed by atoms with Crippen molar-refractivity contribution in [2.24, 2.45) is 0 Å². The molecule has 1 heterocycles. The molecular formula is C22H24N2O3S. The predicted molar refractivity (Wildman–Crippen MR) is 111 cm³/mol. The molecule has 0 atom stereocenters. The minimum atomic E-state index is -0.121. The third-order valence-electron chi connectivity index (χ3n) is 3.92. The highest BCUT2D eigenvalue weighted by Crippen LogP contribution is 2.16. The fraction of sp³-hybridized carbons (Fsp3) is 0.273. The van der Waals surface area contributed by atoms with Crippen molar-refractivity contribution in [1.82, 2.24) is 10.3 Å². The van der Waals surface area contributed by atoms with E-state index in [1.165, 1.54) is 0 Å². The van der Waals surface area contributed by atoms with E-state index in [1.54, 1.807) is 35.6 Å². The molecule has 28 heavy (non-hydrogen) atoms. The zero-order valence-electron chi connectivity index (χ0n) is 16.3. The number of thiazole rings is 1. The zero-order valence-corrected chi connectivity index (χ0v) is 17.1. The van der Waals surface area contributed by atoms with Gasteiger partial charge in [0.2, 0.25) is 0 Å². The molecule has 0 saturated heterocycles. The van der Waals surface area contributed by atoms with E-state index in [0.717, 1.165) is 22.0 Å². The average Bonchev–Trinajstić information content (AvgIpc) is 3.11. The normalized spacial score (nSPS) is 10.7. The van der Waals surface area contributed by atoms with Crippen molar-refractivity contribution < 1.29 is 14.3 Å². The van der Waals surface area contributed by atoms with Crippen LogP contribution in [0, 0.1) is 6.92 Å². The van der Waals surface area contributed by atoms with Gasteiger partial charge in [0.05, 0.1) is 16.8 Å². The molecule has 0 spiro atoms. The highest BCUT2D eigenvalue weighted by Gasteiger charge is 2.07. The Balaban J connectivity index is 1.48. The number of aromatic nitrogens is 1. The van der Waals surface area contributed by atoms with E-state index in [0.29, 0.717) is 24.5 Å². The first-order valence-electron chi connectivity index (χ1n) is 9.17. The fourth-order valence-corrected chi connectivity index (χ4v) is 3.17. The third kappa shape index (κ3) is 5.82. The number of carbonyl (C=O) groups is 1. The van der Waals surface area contributed by atoms with Crippen LogP contribution in [0.5, 0.6) is 11.5 Å². The van der Waals surface area contributed by atoms with Gasteiger partial charge in [-0.1, -0.05) is 12.1 Å². The maximum atomic E-state index is 12.3. The fourth-order valence-electron chi connectivity index (χ4n) is 2.58. The summed E-state index contributed by atoms with van der Waals surface area (Å²) >= 11 is 1.60. The molecule has 3 rings (SSSR count). The Morgan fingerprint density at radius 2 is 1.75 bits per heavy atom. The minimum Gasteiger partial charge on any atom is -0.491 e. The number of hydrogen-bond donors (Lipinski definition) is 1. The molecule has 0 aliphatic carbocycles. The van der Waals surface area contributed by atoms with Gasteiger partial charge in [-0.3, -0.25) is 4.79 Å². The van der Waals surface area contributed by atoms with E-state index in [1.807, 2.05) is 50.4 Å². The van der Waals surface area contributed by atoms with Crippen LogP contribution in [0.4, 0.5) is 0 Å². The van der Waals surface area contributed by atoms with Crippen molar-refractivity contribution in [1.29, 1.82) is 0 Å². The largest absolute Gasteiger partial charge is 0.491 e. The Morgan fingerprint density at radius 1 is 1.07 bits per heavy atom. The van der Waals surface area contributed by atoms with Gasteiger partial charge in [0, 0.05) is 17.5 Å². The number of rotatable bonds is 8. The molecule has 1 N–H and O–H groups in total. The van der Waals surface area contributed by atoms with Crippen LogP contribution < -0.4 is 14.8 Å². The van der Waals surface area contributed by atoms with E-state index in [-0.39, 0.29) is 12.0 Å². The summed E-state index contributed by atoms with van der Waals surface area (Å²) < 4.78 is 11.3. The van der Waals surface area contributed by atoms with E-state index in [9.17, 15) is 4.79 Å². The smallest absolute Gasteiger partial charge is 0.251 e. The molecule has 2 aromatic carbocycles. The van der Waals surface area contributed by atoms with Crippen LogP contribution in [-0.4, -0.2) is 17.0 Å². The summed E-state index contributed by atoms with van der Waals surface area (Å²) in [6.45, 7) is 6.83. The maximum absolute atomic E-state index is 12.3. The van der Waals surface area contributed by atoms with Gasteiger partial charge in [0.15, 0.2) is 0 Å². The number of benzene rings is 2. The van der Waals surface area contributed by atoms with Gasteiger partial charge in [0.1, 0.15) is 18.1 Å². The number of amides is 1. The molecule has 0 aliphatic rings. The Morgan fingerprint density at radius 3 is 2.36 bits per heavy atom. The van der Waals surface area contributed by atoms with Gasteiger partial charge in [-0.05, 0) is 62.7 Å².